The smallest absolute Gasteiger partial charge is 0.317 e. The number of urea groups is 1. The lowest BCUT2D eigenvalue weighted by Crippen LogP contribution is -2.51. The molecule has 0 aliphatic carbocycles. The van der Waals surface area contributed by atoms with Gasteiger partial charge in [0.2, 0.25) is 0 Å². The molecule has 0 bridgehead atoms. The molecule has 1 aliphatic heterocycles. The number of hydrogen-bond acceptors (Lipinski definition) is 3. The SMILES string of the molecule is CCNC(=O)N1CCN(Cc2ccc(F)cc2C#N)CC1. The van der Waals surface area contributed by atoms with Crippen LogP contribution in [-0.4, -0.2) is 48.6 Å². The van der Waals surface area contributed by atoms with Crippen molar-refractivity contribution in [3.05, 3.63) is 35.1 Å². The van der Waals surface area contributed by atoms with Gasteiger partial charge < -0.3 is 10.2 Å². The largest absolute Gasteiger partial charge is 0.338 e. The highest BCUT2D eigenvalue weighted by atomic mass is 19.1. The summed E-state index contributed by atoms with van der Waals surface area (Å²) in [5, 5.41) is 11.8. The van der Waals surface area contributed by atoms with Crippen LogP contribution < -0.4 is 5.32 Å². The lowest BCUT2D eigenvalue weighted by Gasteiger charge is -2.34. The molecule has 6 heteroatoms. The first-order valence-electron chi connectivity index (χ1n) is 7.07. The van der Waals surface area contributed by atoms with E-state index in [0.29, 0.717) is 31.7 Å². The van der Waals surface area contributed by atoms with Gasteiger partial charge in [-0.25, -0.2) is 9.18 Å². The summed E-state index contributed by atoms with van der Waals surface area (Å²) in [7, 11) is 0. The third kappa shape index (κ3) is 3.92. The normalized spacial score (nSPS) is 15.6. The Labute approximate surface area is 123 Å². The molecule has 1 saturated heterocycles. The summed E-state index contributed by atoms with van der Waals surface area (Å²) in [6.45, 7) is 5.95. The number of rotatable bonds is 3. The van der Waals surface area contributed by atoms with Crippen molar-refractivity contribution < 1.29 is 9.18 Å². The highest BCUT2D eigenvalue weighted by Crippen LogP contribution is 2.14. The van der Waals surface area contributed by atoms with Crippen LogP contribution in [0.2, 0.25) is 0 Å². The minimum absolute atomic E-state index is 0.0309. The number of carbonyl (C=O) groups excluding carboxylic acids is 1. The van der Waals surface area contributed by atoms with Gasteiger partial charge in [0.25, 0.3) is 0 Å². The van der Waals surface area contributed by atoms with E-state index in [1.165, 1.54) is 12.1 Å². The predicted octanol–water partition coefficient (Wildman–Crippen LogP) is 1.54. The molecule has 112 valence electrons. The summed E-state index contributed by atoms with van der Waals surface area (Å²) in [4.78, 5) is 15.7. The van der Waals surface area contributed by atoms with Gasteiger partial charge in [0, 0.05) is 39.3 Å². The average Bonchev–Trinajstić information content (AvgIpc) is 2.50. The van der Waals surface area contributed by atoms with Crippen LogP contribution in [-0.2, 0) is 6.54 Å². The Morgan fingerprint density at radius 3 is 2.71 bits per heavy atom. The quantitative estimate of drug-likeness (QED) is 0.918. The Balaban J connectivity index is 1.92. The second-order valence-electron chi connectivity index (χ2n) is 5.01. The third-order valence-corrected chi connectivity index (χ3v) is 3.57. The van der Waals surface area contributed by atoms with Crippen molar-refractivity contribution in [2.45, 2.75) is 13.5 Å². The molecular formula is C15H19FN4O. The maximum absolute atomic E-state index is 13.1. The molecule has 1 aromatic carbocycles. The summed E-state index contributed by atoms with van der Waals surface area (Å²) in [6, 6.07) is 6.29. The fourth-order valence-corrected chi connectivity index (χ4v) is 2.40. The van der Waals surface area contributed by atoms with Gasteiger partial charge in [0.15, 0.2) is 0 Å². The summed E-state index contributed by atoms with van der Waals surface area (Å²) in [5.41, 5.74) is 1.20. The first-order chi connectivity index (χ1) is 10.1. The number of nitriles is 1. The molecule has 2 rings (SSSR count). The summed E-state index contributed by atoms with van der Waals surface area (Å²) in [6.07, 6.45) is 0. The molecule has 5 nitrogen and oxygen atoms in total. The Morgan fingerprint density at radius 2 is 2.10 bits per heavy atom. The predicted molar refractivity (Wildman–Crippen MR) is 77.0 cm³/mol. The van der Waals surface area contributed by atoms with E-state index in [9.17, 15) is 9.18 Å². The molecule has 0 radical (unpaired) electrons. The number of benzene rings is 1. The first-order valence-corrected chi connectivity index (χ1v) is 7.07. The zero-order valence-electron chi connectivity index (χ0n) is 12.1. The molecule has 1 aromatic rings. The summed E-state index contributed by atoms with van der Waals surface area (Å²) < 4.78 is 13.1. The number of carbonyl (C=O) groups is 1. The van der Waals surface area contributed by atoms with E-state index in [1.54, 1.807) is 11.0 Å². The van der Waals surface area contributed by atoms with Gasteiger partial charge in [0.05, 0.1) is 11.6 Å². The topological polar surface area (TPSA) is 59.4 Å². The van der Waals surface area contributed by atoms with Crippen molar-refractivity contribution in [2.75, 3.05) is 32.7 Å². The molecule has 0 unspecified atom stereocenters. The van der Waals surface area contributed by atoms with Crippen LogP contribution in [0, 0.1) is 17.1 Å². The van der Waals surface area contributed by atoms with E-state index in [2.05, 4.69) is 10.2 Å². The maximum Gasteiger partial charge on any atom is 0.317 e. The van der Waals surface area contributed by atoms with Gasteiger partial charge >= 0.3 is 6.03 Å². The summed E-state index contributed by atoms with van der Waals surface area (Å²) >= 11 is 0. The van der Waals surface area contributed by atoms with E-state index < -0.39 is 5.82 Å². The van der Waals surface area contributed by atoms with E-state index in [4.69, 9.17) is 5.26 Å². The zero-order chi connectivity index (χ0) is 15.2. The van der Waals surface area contributed by atoms with Crippen LogP contribution in [0.4, 0.5) is 9.18 Å². The highest BCUT2D eigenvalue weighted by Gasteiger charge is 2.21. The van der Waals surface area contributed by atoms with Crippen LogP contribution in [0.3, 0.4) is 0 Å². The second kappa shape index (κ2) is 7.04. The molecule has 1 fully saturated rings. The Morgan fingerprint density at radius 1 is 1.38 bits per heavy atom. The standard InChI is InChI=1S/C15H19FN4O/c1-2-18-15(21)20-7-5-19(6-8-20)11-12-3-4-14(16)9-13(12)10-17/h3-4,9H,2,5-8,11H2,1H3,(H,18,21). The number of nitrogens with zero attached hydrogens (tertiary/aromatic N) is 3. The minimum Gasteiger partial charge on any atom is -0.338 e. The van der Waals surface area contributed by atoms with E-state index in [-0.39, 0.29) is 6.03 Å². The van der Waals surface area contributed by atoms with Gasteiger partial charge in [0.1, 0.15) is 5.82 Å². The number of hydrogen-bond donors (Lipinski definition) is 1. The van der Waals surface area contributed by atoms with Crippen LogP contribution in [0.25, 0.3) is 0 Å². The van der Waals surface area contributed by atoms with Gasteiger partial charge in [-0.15, -0.1) is 0 Å². The molecular weight excluding hydrogens is 271 g/mol. The Bertz CT molecular complexity index is 547. The first kappa shape index (κ1) is 15.3. The third-order valence-electron chi connectivity index (χ3n) is 3.57. The Hall–Kier alpha value is -2.13. The van der Waals surface area contributed by atoms with Crippen molar-refractivity contribution in [3.63, 3.8) is 0 Å². The second-order valence-corrected chi connectivity index (χ2v) is 5.01. The van der Waals surface area contributed by atoms with Crippen molar-refractivity contribution in [3.8, 4) is 6.07 Å². The van der Waals surface area contributed by atoms with Crippen LogP contribution in [0.15, 0.2) is 18.2 Å². The fraction of sp³-hybridized carbons (Fsp3) is 0.467. The average molecular weight is 290 g/mol. The van der Waals surface area contributed by atoms with Gasteiger partial charge in [-0.1, -0.05) is 6.07 Å². The fourth-order valence-electron chi connectivity index (χ4n) is 2.40. The van der Waals surface area contributed by atoms with E-state index in [0.717, 1.165) is 18.7 Å². The van der Waals surface area contributed by atoms with Crippen LogP contribution >= 0.6 is 0 Å². The molecule has 1 N–H and O–H groups in total. The van der Waals surface area contributed by atoms with Crippen molar-refractivity contribution in [1.29, 1.82) is 5.26 Å². The highest BCUT2D eigenvalue weighted by molar-refractivity contribution is 5.74. The molecule has 0 spiro atoms. The lowest BCUT2D eigenvalue weighted by molar-refractivity contribution is 0.135. The molecule has 0 aromatic heterocycles. The van der Waals surface area contributed by atoms with Crippen molar-refractivity contribution in [2.24, 2.45) is 0 Å². The van der Waals surface area contributed by atoms with Crippen molar-refractivity contribution >= 4 is 6.03 Å². The Kier molecular flexibility index (Phi) is 5.12. The molecule has 0 saturated carbocycles. The summed E-state index contributed by atoms with van der Waals surface area (Å²) in [5.74, 6) is -0.392. The lowest BCUT2D eigenvalue weighted by atomic mass is 10.1. The molecule has 21 heavy (non-hydrogen) atoms. The van der Waals surface area contributed by atoms with Gasteiger partial charge in [-0.3, -0.25) is 4.90 Å². The maximum atomic E-state index is 13.1. The number of halogens is 1. The molecule has 0 atom stereocenters. The molecule has 1 aliphatic rings. The van der Waals surface area contributed by atoms with Gasteiger partial charge in [-0.05, 0) is 24.6 Å². The molecule has 2 amide bonds. The zero-order valence-corrected chi connectivity index (χ0v) is 12.1. The van der Waals surface area contributed by atoms with E-state index >= 15 is 0 Å². The molecule has 1 heterocycles. The van der Waals surface area contributed by atoms with Crippen LogP contribution in [0.5, 0.6) is 0 Å². The number of amides is 2. The monoisotopic (exact) mass is 290 g/mol. The minimum atomic E-state index is -0.392. The van der Waals surface area contributed by atoms with Crippen LogP contribution in [0.1, 0.15) is 18.1 Å². The number of piperazine rings is 1. The number of nitrogens with one attached hydrogen (secondary N) is 1. The van der Waals surface area contributed by atoms with Gasteiger partial charge in [-0.2, -0.15) is 5.26 Å². The van der Waals surface area contributed by atoms with Crippen molar-refractivity contribution in [1.82, 2.24) is 15.1 Å². The van der Waals surface area contributed by atoms with E-state index in [1.807, 2.05) is 13.0 Å².